The number of sulfonamides is 1. The van der Waals surface area contributed by atoms with E-state index in [4.69, 9.17) is 11.6 Å². The number of hydrogen-bond acceptors (Lipinski definition) is 6. The molecule has 2 aliphatic rings. The van der Waals surface area contributed by atoms with Crippen molar-refractivity contribution in [3.05, 3.63) is 34.3 Å². The van der Waals surface area contributed by atoms with Gasteiger partial charge in [-0.1, -0.05) is 36.8 Å². The van der Waals surface area contributed by atoms with Gasteiger partial charge in [-0.05, 0) is 43.4 Å². The molecule has 30 heavy (non-hydrogen) atoms. The molecule has 0 saturated carbocycles. The summed E-state index contributed by atoms with van der Waals surface area (Å²) in [4.78, 5) is 5.46. The van der Waals surface area contributed by atoms with Gasteiger partial charge in [-0.3, -0.25) is 9.62 Å². The molecule has 11 heteroatoms. The van der Waals surface area contributed by atoms with Gasteiger partial charge in [0.05, 0.1) is 11.9 Å². The maximum absolute atomic E-state index is 14.9. The molecule has 6 nitrogen and oxygen atoms in total. The maximum Gasteiger partial charge on any atom is 0.266 e. The molecule has 0 aliphatic carbocycles. The lowest BCUT2D eigenvalue weighted by atomic mass is 9.82. The second-order valence-electron chi connectivity index (χ2n) is 8.76. The molecule has 2 saturated heterocycles. The van der Waals surface area contributed by atoms with E-state index >= 15 is 0 Å². The van der Waals surface area contributed by atoms with Crippen LogP contribution in [0.3, 0.4) is 0 Å². The summed E-state index contributed by atoms with van der Waals surface area (Å²) in [5, 5.41) is 2.11. The van der Waals surface area contributed by atoms with Crippen LogP contribution in [0.15, 0.2) is 23.2 Å². The topological polar surface area (TPSA) is 74.3 Å². The number of nitrogens with one attached hydrogen (secondary N) is 2. The zero-order valence-corrected chi connectivity index (χ0v) is 19.0. The molecule has 1 aromatic carbocycles. The number of fused-ring (bicyclic) bond motifs is 1. The van der Waals surface area contributed by atoms with Crippen LogP contribution in [-0.2, 0) is 10.0 Å². The monoisotopic (exact) mass is 476 g/mol. The zero-order valence-electron chi connectivity index (χ0n) is 16.6. The van der Waals surface area contributed by atoms with Crippen LogP contribution in [0, 0.1) is 16.4 Å². The van der Waals surface area contributed by atoms with Crippen molar-refractivity contribution in [2.75, 3.05) is 29.7 Å². The third kappa shape index (κ3) is 4.02. The first kappa shape index (κ1) is 21.7. The Hall–Kier alpha value is -1.49. The summed E-state index contributed by atoms with van der Waals surface area (Å²) in [6, 6.07) is 2.61. The summed E-state index contributed by atoms with van der Waals surface area (Å²) in [5.74, 6) is -1.06. The number of aromatic nitrogens is 1. The van der Waals surface area contributed by atoms with E-state index in [1.54, 1.807) is 0 Å². The summed E-state index contributed by atoms with van der Waals surface area (Å²) in [6.07, 6.45) is 4.10. The molecule has 2 aromatic rings. The highest BCUT2D eigenvalue weighted by Gasteiger charge is 2.51. The normalized spacial score (nSPS) is 23.5. The fourth-order valence-electron chi connectivity index (χ4n) is 4.77. The Bertz CT molecular complexity index is 1080. The molecule has 164 valence electrons. The lowest BCUT2D eigenvalue weighted by Gasteiger charge is -2.33. The van der Waals surface area contributed by atoms with Gasteiger partial charge in [-0.25, -0.2) is 17.8 Å². The van der Waals surface area contributed by atoms with E-state index in [2.05, 4.69) is 33.8 Å². The first-order chi connectivity index (χ1) is 14.0. The Labute approximate surface area is 183 Å². The Kier molecular flexibility index (Phi) is 5.49. The van der Waals surface area contributed by atoms with E-state index in [1.807, 2.05) is 0 Å². The number of nitrogens with zero attached hydrogens (tertiary/aromatic N) is 2. The number of benzene rings is 1. The minimum absolute atomic E-state index is 0.00449. The van der Waals surface area contributed by atoms with Crippen molar-refractivity contribution in [3.8, 4) is 0 Å². The van der Waals surface area contributed by atoms with Crippen LogP contribution in [0.2, 0.25) is 5.02 Å². The van der Waals surface area contributed by atoms with Crippen molar-refractivity contribution in [2.24, 2.45) is 5.41 Å². The highest BCUT2D eigenvalue weighted by molar-refractivity contribution is 7.93. The van der Waals surface area contributed by atoms with Gasteiger partial charge in [-0.15, -0.1) is 0 Å². The number of rotatable bonds is 6. The third-order valence-corrected chi connectivity index (χ3v) is 8.37. The van der Waals surface area contributed by atoms with Crippen LogP contribution in [0.25, 0.3) is 0 Å². The maximum atomic E-state index is 14.9. The lowest BCUT2D eigenvalue weighted by Crippen LogP contribution is -2.44. The predicted octanol–water partition coefficient (Wildman–Crippen LogP) is 4.55. The molecule has 1 unspecified atom stereocenters. The zero-order chi connectivity index (χ0) is 21.7. The summed E-state index contributed by atoms with van der Waals surface area (Å²) < 4.78 is 55.0. The molecule has 3 heterocycles. The van der Waals surface area contributed by atoms with Gasteiger partial charge in [-0.2, -0.15) is 4.39 Å². The minimum atomic E-state index is -4.30. The van der Waals surface area contributed by atoms with Crippen molar-refractivity contribution in [2.45, 2.75) is 43.5 Å². The summed E-state index contributed by atoms with van der Waals surface area (Å²) in [7, 11) is -4.30. The van der Waals surface area contributed by atoms with E-state index in [0.29, 0.717) is 23.6 Å². The molecule has 1 aromatic heterocycles. The van der Waals surface area contributed by atoms with Gasteiger partial charge in [0.15, 0.2) is 16.1 Å². The largest absolute Gasteiger partial charge is 0.382 e. The lowest BCUT2D eigenvalue weighted by molar-refractivity contribution is 0.209. The second-order valence-corrected chi connectivity index (χ2v) is 11.8. The van der Waals surface area contributed by atoms with Crippen molar-refractivity contribution in [3.63, 3.8) is 0 Å². The van der Waals surface area contributed by atoms with Crippen LogP contribution in [0.5, 0.6) is 0 Å². The molecular weight excluding hydrogens is 454 g/mol. The predicted molar refractivity (Wildman–Crippen MR) is 115 cm³/mol. The summed E-state index contributed by atoms with van der Waals surface area (Å²) in [5.41, 5.74) is 0.569. The molecule has 4 rings (SSSR count). The molecule has 2 N–H and O–H groups in total. The van der Waals surface area contributed by atoms with E-state index in [9.17, 15) is 17.2 Å². The van der Waals surface area contributed by atoms with Crippen LogP contribution in [0.4, 0.5) is 19.6 Å². The van der Waals surface area contributed by atoms with Gasteiger partial charge in [0.1, 0.15) is 9.92 Å². The molecule has 1 atom stereocenters. The highest BCUT2D eigenvalue weighted by Crippen LogP contribution is 2.47. The van der Waals surface area contributed by atoms with Gasteiger partial charge >= 0.3 is 0 Å². The van der Waals surface area contributed by atoms with Crippen LogP contribution in [-0.4, -0.2) is 43.5 Å². The third-order valence-electron chi connectivity index (χ3n) is 5.81. The Balaban J connectivity index is 1.53. The molecule has 2 fully saturated rings. The van der Waals surface area contributed by atoms with E-state index in [-0.39, 0.29) is 21.1 Å². The Morgan fingerprint density at radius 1 is 1.33 bits per heavy atom. The van der Waals surface area contributed by atoms with Crippen molar-refractivity contribution >= 4 is 43.8 Å². The Morgan fingerprint density at radius 2 is 2.10 bits per heavy atom. The van der Waals surface area contributed by atoms with Crippen molar-refractivity contribution in [1.29, 1.82) is 0 Å². The van der Waals surface area contributed by atoms with Gasteiger partial charge in [0, 0.05) is 18.6 Å². The quantitative estimate of drug-likeness (QED) is 0.639. The van der Waals surface area contributed by atoms with E-state index in [1.165, 1.54) is 6.07 Å². The summed E-state index contributed by atoms with van der Waals surface area (Å²) >= 11 is 6.69. The Morgan fingerprint density at radius 3 is 2.80 bits per heavy atom. The standard InChI is InChI=1S/C19H23ClF2N4O2S2/c1-18(2)9-19(6-3-7-26(19)11-18)10-24-12-4-5-13(16(22)15(12)20)30(27,28)25-17-23-8-14(21)29-17/h4-5,8,24H,3,6-7,9-11H2,1-2H3,(H,23,25). The van der Waals surface area contributed by atoms with Crippen LogP contribution >= 0.6 is 22.9 Å². The van der Waals surface area contributed by atoms with Gasteiger partial charge in [0.25, 0.3) is 10.0 Å². The summed E-state index contributed by atoms with van der Waals surface area (Å²) in [6.45, 7) is 7.18. The number of anilines is 2. The molecule has 0 spiro atoms. The smallest absolute Gasteiger partial charge is 0.266 e. The molecule has 2 aliphatic heterocycles. The van der Waals surface area contributed by atoms with Crippen LogP contribution < -0.4 is 10.0 Å². The second kappa shape index (κ2) is 7.58. The van der Waals surface area contributed by atoms with Gasteiger partial charge < -0.3 is 5.32 Å². The van der Waals surface area contributed by atoms with Gasteiger partial charge in [0.2, 0.25) is 0 Å². The molecule has 0 bridgehead atoms. The average molecular weight is 477 g/mol. The fourth-order valence-corrected chi connectivity index (χ4v) is 6.93. The minimum Gasteiger partial charge on any atom is -0.382 e. The van der Waals surface area contributed by atoms with Crippen LogP contribution in [0.1, 0.15) is 33.1 Å². The molecule has 0 amide bonds. The number of halogens is 3. The molecular formula is C19H23ClF2N4O2S2. The average Bonchev–Trinajstić information content (AvgIpc) is 3.27. The van der Waals surface area contributed by atoms with Crippen molar-refractivity contribution in [1.82, 2.24) is 9.88 Å². The number of hydrogen-bond donors (Lipinski definition) is 2. The SMILES string of the molecule is CC1(C)CN2CCCC2(CNc2ccc(S(=O)(=O)Nc3ncc(F)s3)c(F)c2Cl)C1. The number of thiazole rings is 1. The van der Waals surface area contributed by atoms with E-state index < -0.39 is 25.9 Å². The molecule has 0 radical (unpaired) electrons. The van der Waals surface area contributed by atoms with Crippen molar-refractivity contribution < 1.29 is 17.2 Å². The first-order valence-electron chi connectivity index (χ1n) is 9.63. The fraction of sp³-hybridized carbons (Fsp3) is 0.526. The first-order valence-corrected chi connectivity index (χ1v) is 12.3. The highest BCUT2D eigenvalue weighted by atomic mass is 35.5. The van der Waals surface area contributed by atoms with E-state index in [0.717, 1.165) is 44.6 Å².